The molecule has 2 aromatic carbocycles. The quantitative estimate of drug-likeness (QED) is 0.330. The van der Waals surface area contributed by atoms with Gasteiger partial charge in [-0.2, -0.15) is 0 Å². The standard InChI is InChI=1S/C21H22O10/c22-8-16-17(26)18(27)19(28)21(31-16)29-11-5-13(24)12-7-14(25)20(30-15(12)6-11)9-1-3-10(23)4-2-9/h1-7,16-28H,8H2/p+1. The van der Waals surface area contributed by atoms with E-state index in [1.54, 1.807) is 12.1 Å². The number of hydrogen-bond acceptors (Lipinski definition) is 9. The van der Waals surface area contributed by atoms with E-state index in [1.165, 1.54) is 30.3 Å². The fourth-order valence-corrected chi connectivity index (χ4v) is 3.55. The van der Waals surface area contributed by atoms with Gasteiger partial charge in [0.05, 0.1) is 18.2 Å². The molecule has 0 bridgehead atoms. The Morgan fingerprint density at radius 2 is 1.65 bits per heavy atom. The summed E-state index contributed by atoms with van der Waals surface area (Å²) >= 11 is 0. The van der Waals surface area contributed by atoms with Gasteiger partial charge in [-0.15, -0.1) is 0 Å². The molecule has 2 aliphatic heterocycles. The highest BCUT2D eigenvalue weighted by molar-refractivity contribution is 5.69. The summed E-state index contributed by atoms with van der Waals surface area (Å²) in [7, 11) is 0. The first-order valence-corrected chi connectivity index (χ1v) is 9.53. The number of aliphatic hydroxyl groups excluding tert-OH is 5. The molecule has 10 heteroatoms. The van der Waals surface area contributed by atoms with Crippen molar-refractivity contribution in [3.8, 4) is 23.0 Å². The molecule has 31 heavy (non-hydrogen) atoms. The van der Waals surface area contributed by atoms with E-state index in [2.05, 4.69) is 4.74 Å². The van der Waals surface area contributed by atoms with E-state index in [9.17, 15) is 35.7 Å². The molecular weight excluding hydrogens is 412 g/mol. The zero-order valence-corrected chi connectivity index (χ0v) is 16.1. The number of aromatic hydroxyl groups is 3. The van der Waals surface area contributed by atoms with Crippen LogP contribution in [-0.2, 0) is 4.74 Å². The molecule has 2 aliphatic rings. The lowest BCUT2D eigenvalue weighted by molar-refractivity contribution is -0.277. The number of benzene rings is 2. The van der Waals surface area contributed by atoms with Gasteiger partial charge >= 0.3 is 0 Å². The highest BCUT2D eigenvalue weighted by Gasteiger charge is 2.45. The van der Waals surface area contributed by atoms with Gasteiger partial charge < -0.3 is 50.0 Å². The van der Waals surface area contributed by atoms with Crippen molar-refractivity contribution in [3.05, 3.63) is 53.3 Å². The number of phenols is 2. The van der Waals surface area contributed by atoms with Gasteiger partial charge in [0.2, 0.25) is 6.29 Å². The molecule has 2 heterocycles. The number of fused-ring (bicyclic) bond motifs is 1. The van der Waals surface area contributed by atoms with Gasteiger partial charge in [-0.1, -0.05) is 0 Å². The van der Waals surface area contributed by atoms with Crippen molar-refractivity contribution in [2.24, 2.45) is 0 Å². The summed E-state index contributed by atoms with van der Waals surface area (Å²) < 4.78 is 15.3. The number of ether oxygens (including phenoxy) is 3. The molecule has 1 fully saturated rings. The van der Waals surface area contributed by atoms with E-state index in [1.807, 2.05) is 0 Å². The maximum Gasteiger partial charge on any atom is 0.270 e. The molecule has 0 spiro atoms. The van der Waals surface area contributed by atoms with Crippen LogP contribution in [0.5, 0.6) is 23.0 Å². The SMILES string of the molecule is OCC1OC(Oc2cc(O)c3c(c2)[OH+]C(c2ccc(O)cc2)C(O)=C3)C(O)C(O)C1O. The lowest BCUT2D eigenvalue weighted by atomic mass is 9.99. The first-order valence-electron chi connectivity index (χ1n) is 9.53. The maximum atomic E-state index is 10.4. The van der Waals surface area contributed by atoms with Gasteiger partial charge in [0, 0.05) is 12.1 Å². The second-order valence-electron chi connectivity index (χ2n) is 7.38. The van der Waals surface area contributed by atoms with Crippen LogP contribution < -0.4 is 4.74 Å². The van der Waals surface area contributed by atoms with Crippen molar-refractivity contribution in [3.63, 3.8) is 0 Å². The predicted molar refractivity (Wildman–Crippen MR) is 106 cm³/mol. The van der Waals surface area contributed by atoms with Gasteiger partial charge in [0.15, 0.2) is 5.76 Å². The molecule has 0 aromatic heterocycles. The zero-order chi connectivity index (χ0) is 22.3. The molecule has 4 rings (SSSR count). The van der Waals surface area contributed by atoms with E-state index >= 15 is 0 Å². The molecule has 0 aliphatic carbocycles. The Bertz CT molecular complexity index is 971. The van der Waals surface area contributed by atoms with Crippen LogP contribution in [0.1, 0.15) is 17.2 Å². The minimum Gasteiger partial charge on any atom is -0.571 e. The van der Waals surface area contributed by atoms with Crippen LogP contribution in [0.25, 0.3) is 6.08 Å². The highest BCUT2D eigenvalue weighted by atomic mass is 16.7. The Morgan fingerprint density at radius 3 is 2.32 bits per heavy atom. The van der Waals surface area contributed by atoms with Crippen LogP contribution in [0, 0.1) is 0 Å². The van der Waals surface area contributed by atoms with E-state index in [0.717, 1.165) is 0 Å². The fraction of sp³-hybridized carbons (Fsp3) is 0.333. The molecule has 8 N–H and O–H groups in total. The fourth-order valence-electron chi connectivity index (χ4n) is 3.55. The summed E-state index contributed by atoms with van der Waals surface area (Å²) in [6.45, 7) is -0.603. The van der Waals surface area contributed by atoms with Gasteiger partial charge in [0.1, 0.15) is 47.2 Å². The van der Waals surface area contributed by atoms with Crippen LogP contribution in [0.3, 0.4) is 0 Å². The molecule has 6 atom stereocenters. The van der Waals surface area contributed by atoms with Gasteiger partial charge in [-0.25, -0.2) is 0 Å². The minimum absolute atomic E-state index is 0.0450. The van der Waals surface area contributed by atoms with Crippen LogP contribution >= 0.6 is 0 Å². The smallest absolute Gasteiger partial charge is 0.270 e. The van der Waals surface area contributed by atoms with E-state index in [-0.39, 0.29) is 34.3 Å². The molecule has 0 amide bonds. The second-order valence-corrected chi connectivity index (χ2v) is 7.38. The van der Waals surface area contributed by atoms with Crippen molar-refractivity contribution in [2.75, 3.05) is 6.61 Å². The molecule has 0 radical (unpaired) electrons. The number of phenolic OH excluding ortho intramolecular Hbond substituents is 2. The molecule has 166 valence electrons. The number of hydrogen-bond donors (Lipinski definition) is 7. The van der Waals surface area contributed by atoms with Gasteiger partial charge in [-0.05, 0) is 24.3 Å². The van der Waals surface area contributed by atoms with Crippen molar-refractivity contribution < 1.29 is 50.0 Å². The first kappa shape index (κ1) is 21.2. The Kier molecular flexibility index (Phi) is 5.65. The third-order valence-corrected chi connectivity index (χ3v) is 5.26. The minimum atomic E-state index is -1.61. The molecule has 6 unspecified atom stereocenters. The second kappa shape index (κ2) is 8.25. The summed E-state index contributed by atoms with van der Waals surface area (Å²) in [5, 5.41) is 69.4. The monoisotopic (exact) mass is 435 g/mol. The average Bonchev–Trinajstić information content (AvgIpc) is 2.75. The summed E-state index contributed by atoms with van der Waals surface area (Å²) in [6, 6.07) is 8.81. The van der Waals surface area contributed by atoms with Gasteiger partial charge in [0.25, 0.3) is 11.9 Å². The van der Waals surface area contributed by atoms with E-state index < -0.39 is 43.4 Å². The third-order valence-electron chi connectivity index (χ3n) is 5.26. The molecule has 10 nitrogen and oxygen atoms in total. The van der Waals surface area contributed by atoms with Crippen LogP contribution in [0.2, 0.25) is 0 Å². The van der Waals surface area contributed by atoms with Crippen LogP contribution in [0.4, 0.5) is 0 Å². The Labute approximate surface area is 176 Å². The largest absolute Gasteiger partial charge is 0.571 e. The Hall–Kier alpha value is -3.02. The lowest BCUT2D eigenvalue weighted by Gasteiger charge is -2.39. The third kappa shape index (κ3) is 3.99. The Balaban J connectivity index is 1.60. The van der Waals surface area contributed by atoms with Crippen LogP contribution in [-0.4, -0.2) is 77.8 Å². The summed E-state index contributed by atoms with van der Waals surface area (Å²) in [4.78, 5) is 0. The topological polar surface area (TPSA) is 173 Å². The number of rotatable bonds is 4. The molecule has 0 saturated carbocycles. The van der Waals surface area contributed by atoms with Gasteiger partial charge in [-0.3, -0.25) is 0 Å². The Morgan fingerprint density at radius 1 is 0.935 bits per heavy atom. The predicted octanol–water partition coefficient (Wildman–Crippen LogP) is 0.172. The average molecular weight is 435 g/mol. The molecule has 2 aromatic rings. The summed E-state index contributed by atoms with van der Waals surface area (Å²) in [5.74, 6) is 0.0444. The van der Waals surface area contributed by atoms with Crippen LogP contribution in [0.15, 0.2) is 42.2 Å². The van der Waals surface area contributed by atoms with E-state index in [0.29, 0.717) is 5.56 Å². The molecule has 1 saturated heterocycles. The maximum absolute atomic E-state index is 10.4. The summed E-state index contributed by atoms with van der Waals surface area (Å²) in [6.07, 6.45) is -6.70. The zero-order valence-electron chi connectivity index (χ0n) is 16.1. The highest BCUT2D eigenvalue weighted by Crippen LogP contribution is 2.44. The normalized spacial score (nSPS) is 30.1. The van der Waals surface area contributed by atoms with Crippen molar-refractivity contribution >= 4 is 6.08 Å². The van der Waals surface area contributed by atoms with Crippen molar-refractivity contribution in [1.82, 2.24) is 0 Å². The van der Waals surface area contributed by atoms with Crippen molar-refractivity contribution in [1.29, 1.82) is 0 Å². The first-order chi connectivity index (χ1) is 14.8. The lowest BCUT2D eigenvalue weighted by Crippen LogP contribution is -2.60. The molecular formula is C21H23O10+. The van der Waals surface area contributed by atoms with E-state index in [4.69, 9.17) is 9.47 Å². The number of aliphatic hydroxyl groups is 6. The van der Waals surface area contributed by atoms with Crippen molar-refractivity contribution in [2.45, 2.75) is 36.8 Å². The summed E-state index contributed by atoms with van der Waals surface area (Å²) in [5.41, 5.74) is 0.866.